The standard InChI is InChI=1S/C13H18N2O/c1-3-10(4-2)9-16-13-7-5-6-12(15)11(13)8-14/h5-7,10H,3-4,9,15H2,1-2H3. The lowest BCUT2D eigenvalue weighted by molar-refractivity contribution is 0.240. The van der Waals surface area contributed by atoms with Crippen molar-refractivity contribution in [3.05, 3.63) is 23.8 Å². The van der Waals surface area contributed by atoms with E-state index in [2.05, 4.69) is 19.9 Å². The highest BCUT2D eigenvalue weighted by Gasteiger charge is 2.09. The van der Waals surface area contributed by atoms with Crippen molar-refractivity contribution in [3.8, 4) is 11.8 Å². The third-order valence-corrected chi connectivity index (χ3v) is 2.80. The average Bonchev–Trinajstić information content (AvgIpc) is 2.30. The molecule has 0 aliphatic rings. The SMILES string of the molecule is CCC(CC)COc1cccc(N)c1C#N. The highest BCUT2D eigenvalue weighted by molar-refractivity contribution is 5.60. The third kappa shape index (κ3) is 2.90. The molecule has 0 aliphatic heterocycles. The Bertz CT molecular complexity index is 378. The summed E-state index contributed by atoms with van der Waals surface area (Å²) in [6.45, 7) is 4.93. The van der Waals surface area contributed by atoms with Gasteiger partial charge in [0.15, 0.2) is 0 Å². The molecule has 0 unspecified atom stereocenters. The molecule has 0 bridgehead atoms. The Labute approximate surface area is 96.8 Å². The summed E-state index contributed by atoms with van der Waals surface area (Å²) in [7, 11) is 0. The van der Waals surface area contributed by atoms with Crippen molar-refractivity contribution in [2.45, 2.75) is 26.7 Å². The summed E-state index contributed by atoms with van der Waals surface area (Å²) in [6, 6.07) is 7.38. The molecular weight excluding hydrogens is 200 g/mol. The average molecular weight is 218 g/mol. The molecule has 0 fully saturated rings. The van der Waals surface area contributed by atoms with Gasteiger partial charge in [-0.1, -0.05) is 32.8 Å². The van der Waals surface area contributed by atoms with Crippen LogP contribution in [0.3, 0.4) is 0 Å². The molecule has 1 aromatic carbocycles. The van der Waals surface area contributed by atoms with Crippen LogP contribution >= 0.6 is 0 Å². The van der Waals surface area contributed by atoms with Gasteiger partial charge in [0.2, 0.25) is 0 Å². The normalized spacial score (nSPS) is 10.1. The molecule has 3 heteroatoms. The van der Waals surface area contributed by atoms with Crippen LogP contribution in [0.2, 0.25) is 0 Å². The first kappa shape index (κ1) is 12.4. The summed E-state index contributed by atoms with van der Waals surface area (Å²) in [5, 5.41) is 8.97. The van der Waals surface area contributed by atoms with E-state index in [1.165, 1.54) is 0 Å². The Balaban J connectivity index is 2.74. The minimum atomic E-state index is 0.438. The zero-order chi connectivity index (χ0) is 12.0. The second-order valence-electron chi connectivity index (χ2n) is 3.83. The fourth-order valence-corrected chi connectivity index (χ4v) is 1.52. The number of anilines is 1. The topological polar surface area (TPSA) is 59.0 Å². The lowest BCUT2D eigenvalue weighted by Gasteiger charge is -2.14. The minimum absolute atomic E-state index is 0.438. The van der Waals surface area contributed by atoms with Crippen LogP contribution in [-0.4, -0.2) is 6.61 Å². The Morgan fingerprint density at radius 2 is 2.06 bits per heavy atom. The van der Waals surface area contributed by atoms with Crippen molar-refractivity contribution in [1.82, 2.24) is 0 Å². The first-order chi connectivity index (χ1) is 7.72. The Kier molecular flexibility index (Phi) is 4.65. The van der Waals surface area contributed by atoms with E-state index in [0.29, 0.717) is 29.5 Å². The van der Waals surface area contributed by atoms with Gasteiger partial charge in [0, 0.05) is 0 Å². The molecule has 0 amide bonds. The molecule has 2 N–H and O–H groups in total. The first-order valence-electron chi connectivity index (χ1n) is 5.64. The number of benzene rings is 1. The van der Waals surface area contributed by atoms with Gasteiger partial charge >= 0.3 is 0 Å². The number of nitriles is 1. The second-order valence-corrected chi connectivity index (χ2v) is 3.83. The molecule has 0 heterocycles. The smallest absolute Gasteiger partial charge is 0.139 e. The van der Waals surface area contributed by atoms with Crippen LogP contribution in [0.15, 0.2) is 18.2 Å². The van der Waals surface area contributed by atoms with Gasteiger partial charge in [-0.15, -0.1) is 0 Å². The first-order valence-corrected chi connectivity index (χ1v) is 5.64. The Morgan fingerprint density at radius 1 is 1.38 bits per heavy atom. The molecule has 16 heavy (non-hydrogen) atoms. The molecule has 1 aromatic rings. The van der Waals surface area contributed by atoms with Crippen molar-refractivity contribution in [3.63, 3.8) is 0 Å². The molecule has 1 rings (SSSR count). The maximum atomic E-state index is 8.97. The number of rotatable bonds is 5. The van der Waals surface area contributed by atoms with Gasteiger partial charge in [-0.2, -0.15) is 5.26 Å². The lowest BCUT2D eigenvalue weighted by Crippen LogP contribution is -2.11. The highest BCUT2D eigenvalue weighted by Crippen LogP contribution is 2.24. The van der Waals surface area contributed by atoms with Crippen LogP contribution < -0.4 is 10.5 Å². The summed E-state index contributed by atoms with van der Waals surface area (Å²) in [6.07, 6.45) is 2.17. The van der Waals surface area contributed by atoms with E-state index in [-0.39, 0.29) is 0 Å². The van der Waals surface area contributed by atoms with Crippen molar-refractivity contribution >= 4 is 5.69 Å². The van der Waals surface area contributed by atoms with Crippen LogP contribution in [0.4, 0.5) is 5.69 Å². The van der Waals surface area contributed by atoms with Crippen LogP contribution in [0.5, 0.6) is 5.75 Å². The summed E-state index contributed by atoms with van der Waals surface area (Å²) in [4.78, 5) is 0. The van der Waals surface area contributed by atoms with E-state index >= 15 is 0 Å². The molecule has 0 atom stereocenters. The third-order valence-electron chi connectivity index (χ3n) is 2.80. The van der Waals surface area contributed by atoms with Gasteiger partial charge in [-0.3, -0.25) is 0 Å². The second kappa shape index (κ2) is 6.02. The van der Waals surface area contributed by atoms with E-state index in [1.54, 1.807) is 18.2 Å². The molecule has 0 saturated heterocycles. The summed E-state index contributed by atoms with van der Waals surface area (Å²) < 4.78 is 5.65. The molecule has 0 spiro atoms. The van der Waals surface area contributed by atoms with Gasteiger partial charge in [0.25, 0.3) is 0 Å². The fourth-order valence-electron chi connectivity index (χ4n) is 1.52. The van der Waals surface area contributed by atoms with E-state index < -0.39 is 0 Å². The van der Waals surface area contributed by atoms with Crippen molar-refractivity contribution in [1.29, 1.82) is 5.26 Å². The molecule has 86 valence electrons. The van der Waals surface area contributed by atoms with Gasteiger partial charge in [0.05, 0.1) is 12.3 Å². The number of nitrogens with zero attached hydrogens (tertiary/aromatic N) is 1. The number of nitrogens with two attached hydrogens (primary N) is 1. The van der Waals surface area contributed by atoms with E-state index in [0.717, 1.165) is 12.8 Å². The molecule has 3 nitrogen and oxygen atoms in total. The van der Waals surface area contributed by atoms with Crippen LogP contribution in [0, 0.1) is 17.2 Å². The van der Waals surface area contributed by atoms with Crippen LogP contribution in [0.1, 0.15) is 32.3 Å². The monoisotopic (exact) mass is 218 g/mol. The number of ether oxygens (including phenoxy) is 1. The molecule has 0 aliphatic carbocycles. The fraction of sp³-hybridized carbons (Fsp3) is 0.462. The van der Waals surface area contributed by atoms with Crippen molar-refractivity contribution < 1.29 is 4.74 Å². The molecule has 0 aromatic heterocycles. The number of hydrogen-bond donors (Lipinski definition) is 1. The van der Waals surface area contributed by atoms with Crippen molar-refractivity contribution in [2.75, 3.05) is 12.3 Å². The van der Waals surface area contributed by atoms with Crippen LogP contribution in [0.25, 0.3) is 0 Å². The number of nitrogen functional groups attached to an aromatic ring is 1. The quantitative estimate of drug-likeness (QED) is 0.773. The van der Waals surface area contributed by atoms with E-state index in [9.17, 15) is 0 Å². The number of hydrogen-bond acceptors (Lipinski definition) is 3. The molecule has 0 saturated carbocycles. The van der Waals surface area contributed by atoms with Crippen LogP contribution in [-0.2, 0) is 0 Å². The Hall–Kier alpha value is -1.69. The zero-order valence-corrected chi connectivity index (χ0v) is 9.86. The predicted octanol–water partition coefficient (Wildman–Crippen LogP) is 2.96. The molecule has 0 radical (unpaired) electrons. The van der Waals surface area contributed by atoms with Gasteiger partial charge in [-0.05, 0) is 18.1 Å². The van der Waals surface area contributed by atoms with Gasteiger partial charge < -0.3 is 10.5 Å². The summed E-state index contributed by atoms with van der Waals surface area (Å²) in [5.41, 5.74) is 6.62. The van der Waals surface area contributed by atoms with E-state index in [1.807, 2.05) is 0 Å². The maximum Gasteiger partial charge on any atom is 0.139 e. The summed E-state index contributed by atoms with van der Waals surface area (Å²) >= 11 is 0. The van der Waals surface area contributed by atoms with Gasteiger partial charge in [-0.25, -0.2) is 0 Å². The van der Waals surface area contributed by atoms with Gasteiger partial charge in [0.1, 0.15) is 17.4 Å². The largest absolute Gasteiger partial charge is 0.492 e. The zero-order valence-electron chi connectivity index (χ0n) is 9.86. The van der Waals surface area contributed by atoms with E-state index in [4.69, 9.17) is 15.7 Å². The predicted molar refractivity (Wildman–Crippen MR) is 65.1 cm³/mol. The summed E-state index contributed by atoms with van der Waals surface area (Å²) in [5.74, 6) is 1.13. The lowest BCUT2D eigenvalue weighted by atomic mass is 10.1. The Morgan fingerprint density at radius 3 is 2.62 bits per heavy atom. The van der Waals surface area contributed by atoms with Crippen molar-refractivity contribution in [2.24, 2.45) is 5.92 Å². The minimum Gasteiger partial charge on any atom is -0.492 e. The highest BCUT2D eigenvalue weighted by atomic mass is 16.5. The molecular formula is C13H18N2O. The maximum absolute atomic E-state index is 8.97.